The second kappa shape index (κ2) is 4.83. The standard InChI is InChI=1S/C14H18N2O3/c1-16(9-4-6-19-7-5-9)10-2-3-11-12(8-10)15-14(18)13(11)17/h2-3,8-9,13,17H,4-7H2,1H3,(H,15,18). The predicted octanol–water partition coefficient (Wildman–Crippen LogP) is 1.29. The molecule has 1 aromatic rings. The quantitative estimate of drug-likeness (QED) is 0.843. The third kappa shape index (κ3) is 2.19. The van der Waals surface area contributed by atoms with Crippen LogP contribution in [-0.2, 0) is 9.53 Å². The van der Waals surface area contributed by atoms with E-state index >= 15 is 0 Å². The summed E-state index contributed by atoms with van der Waals surface area (Å²) in [5, 5.41) is 12.4. The van der Waals surface area contributed by atoms with Gasteiger partial charge < -0.3 is 20.1 Å². The number of aliphatic hydroxyl groups excluding tert-OH is 1. The first-order valence-electron chi connectivity index (χ1n) is 6.60. The molecule has 0 spiro atoms. The monoisotopic (exact) mass is 262 g/mol. The third-order valence-corrected chi connectivity index (χ3v) is 3.98. The lowest BCUT2D eigenvalue weighted by atomic mass is 10.1. The second-order valence-corrected chi connectivity index (χ2v) is 5.12. The molecular formula is C14H18N2O3. The number of fused-ring (bicyclic) bond motifs is 1. The Labute approximate surface area is 112 Å². The number of aliphatic hydroxyl groups is 1. The Morgan fingerprint density at radius 2 is 2.11 bits per heavy atom. The van der Waals surface area contributed by atoms with E-state index in [1.807, 2.05) is 18.2 Å². The summed E-state index contributed by atoms with van der Waals surface area (Å²) >= 11 is 0. The SMILES string of the molecule is CN(c1ccc2c(c1)NC(=O)C2O)C1CCOCC1. The fourth-order valence-electron chi connectivity index (χ4n) is 2.74. The van der Waals surface area contributed by atoms with Crippen molar-refractivity contribution in [2.45, 2.75) is 25.0 Å². The normalized spacial score (nSPS) is 23.1. The van der Waals surface area contributed by atoms with Gasteiger partial charge in [-0.25, -0.2) is 0 Å². The molecule has 1 atom stereocenters. The first-order chi connectivity index (χ1) is 9.16. The van der Waals surface area contributed by atoms with E-state index < -0.39 is 6.10 Å². The molecule has 19 heavy (non-hydrogen) atoms. The van der Waals surface area contributed by atoms with Crippen molar-refractivity contribution in [3.8, 4) is 0 Å². The molecule has 2 N–H and O–H groups in total. The van der Waals surface area contributed by atoms with Crippen LogP contribution in [0.5, 0.6) is 0 Å². The van der Waals surface area contributed by atoms with Gasteiger partial charge in [-0.1, -0.05) is 6.07 Å². The summed E-state index contributed by atoms with van der Waals surface area (Å²) < 4.78 is 5.37. The Balaban J connectivity index is 1.82. The molecule has 5 nitrogen and oxygen atoms in total. The number of hydrogen-bond acceptors (Lipinski definition) is 4. The molecule has 1 unspecified atom stereocenters. The van der Waals surface area contributed by atoms with Crippen LogP contribution in [0.1, 0.15) is 24.5 Å². The number of nitrogens with zero attached hydrogens (tertiary/aromatic N) is 1. The van der Waals surface area contributed by atoms with E-state index in [0.717, 1.165) is 31.7 Å². The van der Waals surface area contributed by atoms with Crippen LogP contribution >= 0.6 is 0 Å². The lowest BCUT2D eigenvalue weighted by molar-refractivity contribution is -0.123. The van der Waals surface area contributed by atoms with Crippen LogP contribution in [0.4, 0.5) is 11.4 Å². The molecular weight excluding hydrogens is 244 g/mol. The van der Waals surface area contributed by atoms with Gasteiger partial charge in [0.2, 0.25) is 0 Å². The average Bonchev–Trinajstić information content (AvgIpc) is 2.74. The molecule has 2 aliphatic rings. The number of ether oxygens (including phenoxy) is 1. The predicted molar refractivity (Wildman–Crippen MR) is 72.3 cm³/mol. The Morgan fingerprint density at radius 1 is 1.37 bits per heavy atom. The van der Waals surface area contributed by atoms with Gasteiger partial charge in [0.1, 0.15) is 0 Å². The molecule has 2 heterocycles. The Morgan fingerprint density at radius 3 is 2.84 bits per heavy atom. The molecule has 1 amide bonds. The highest BCUT2D eigenvalue weighted by Crippen LogP contribution is 2.34. The number of amides is 1. The van der Waals surface area contributed by atoms with E-state index in [0.29, 0.717) is 17.3 Å². The maximum Gasteiger partial charge on any atom is 0.257 e. The van der Waals surface area contributed by atoms with Gasteiger partial charge in [-0.15, -0.1) is 0 Å². The van der Waals surface area contributed by atoms with Crippen LogP contribution in [0, 0.1) is 0 Å². The maximum absolute atomic E-state index is 11.4. The summed E-state index contributed by atoms with van der Waals surface area (Å²) in [6, 6.07) is 6.17. The van der Waals surface area contributed by atoms with E-state index in [1.54, 1.807) is 0 Å². The Kier molecular flexibility index (Phi) is 3.16. The zero-order chi connectivity index (χ0) is 13.4. The molecule has 0 aromatic heterocycles. The van der Waals surface area contributed by atoms with Crippen molar-refractivity contribution in [2.24, 2.45) is 0 Å². The molecule has 3 rings (SSSR count). The minimum Gasteiger partial charge on any atom is -0.381 e. The molecule has 1 fully saturated rings. The highest BCUT2D eigenvalue weighted by molar-refractivity contribution is 6.02. The number of carbonyl (C=O) groups is 1. The lowest BCUT2D eigenvalue weighted by Crippen LogP contribution is -2.36. The van der Waals surface area contributed by atoms with Gasteiger partial charge in [-0.05, 0) is 25.0 Å². The van der Waals surface area contributed by atoms with Crippen molar-refractivity contribution < 1.29 is 14.6 Å². The van der Waals surface area contributed by atoms with E-state index in [2.05, 4.69) is 17.3 Å². The van der Waals surface area contributed by atoms with Crippen molar-refractivity contribution >= 4 is 17.3 Å². The van der Waals surface area contributed by atoms with Gasteiger partial charge in [0.05, 0.1) is 0 Å². The number of rotatable bonds is 2. The van der Waals surface area contributed by atoms with Crippen LogP contribution in [0.25, 0.3) is 0 Å². The molecule has 0 aliphatic carbocycles. The summed E-state index contributed by atoms with van der Waals surface area (Å²) in [6.07, 6.45) is 1.00. The second-order valence-electron chi connectivity index (χ2n) is 5.12. The van der Waals surface area contributed by atoms with Crippen molar-refractivity contribution in [1.82, 2.24) is 0 Å². The van der Waals surface area contributed by atoms with Gasteiger partial charge in [-0.3, -0.25) is 4.79 Å². The van der Waals surface area contributed by atoms with Crippen molar-refractivity contribution in [3.63, 3.8) is 0 Å². The zero-order valence-corrected chi connectivity index (χ0v) is 10.9. The molecule has 1 saturated heterocycles. The number of hydrogen-bond donors (Lipinski definition) is 2. The number of nitrogens with one attached hydrogen (secondary N) is 1. The Bertz CT molecular complexity index is 497. The van der Waals surface area contributed by atoms with Gasteiger partial charge >= 0.3 is 0 Å². The molecule has 2 aliphatic heterocycles. The molecule has 102 valence electrons. The van der Waals surface area contributed by atoms with Crippen LogP contribution in [0.3, 0.4) is 0 Å². The molecule has 0 bridgehead atoms. The van der Waals surface area contributed by atoms with Gasteiger partial charge in [0.25, 0.3) is 5.91 Å². The summed E-state index contributed by atoms with van der Waals surface area (Å²) in [7, 11) is 2.06. The first kappa shape index (κ1) is 12.4. The lowest BCUT2D eigenvalue weighted by Gasteiger charge is -2.33. The average molecular weight is 262 g/mol. The highest BCUT2D eigenvalue weighted by atomic mass is 16.5. The van der Waals surface area contributed by atoms with Gasteiger partial charge in [0.15, 0.2) is 6.10 Å². The Hall–Kier alpha value is -1.59. The van der Waals surface area contributed by atoms with Crippen LogP contribution < -0.4 is 10.2 Å². The molecule has 5 heteroatoms. The topological polar surface area (TPSA) is 61.8 Å². The van der Waals surface area contributed by atoms with Crippen LogP contribution in [0.2, 0.25) is 0 Å². The highest BCUT2D eigenvalue weighted by Gasteiger charge is 2.29. The fraction of sp³-hybridized carbons (Fsp3) is 0.500. The van der Waals surface area contributed by atoms with E-state index in [1.165, 1.54) is 0 Å². The molecule has 0 saturated carbocycles. The van der Waals surface area contributed by atoms with Crippen molar-refractivity contribution in [2.75, 3.05) is 30.5 Å². The maximum atomic E-state index is 11.4. The molecule has 0 radical (unpaired) electrons. The number of carbonyl (C=O) groups excluding carboxylic acids is 1. The minimum atomic E-state index is -1.03. The van der Waals surface area contributed by atoms with E-state index in [-0.39, 0.29) is 5.91 Å². The van der Waals surface area contributed by atoms with E-state index in [4.69, 9.17) is 4.74 Å². The zero-order valence-electron chi connectivity index (χ0n) is 10.9. The number of anilines is 2. The summed E-state index contributed by atoms with van der Waals surface area (Å²) in [5.74, 6) is -0.346. The third-order valence-electron chi connectivity index (χ3n) is 3.98. The summed E-state index contributed by atoms with van der Waals surface area (Å²) in [4.78, 5) is 13.6. The van der Waals surface area contributed by atoms with Gasteiger partial charge in [0, 0.05) is 43.2 Å². The largest absolute Gasteiger partial charge is 0.381 e. The van der Waals surface area contributed by atoms with Gasteiger partial charge in [-0.2, -0.15) is 0 Å². The summed E-state index contributed by atoms with van der Waals surface area (Å²) in [6.45, 7) is 1.60. The smallest absolute Gasteiger partial charge is 0.257 e. The van der Waals surface area contributed by atoms with Crippen LogP contribution in [0.15, 0.2) is 18.2 Å². The van der Waals surface area contributed by atoms with Crippen molar-refractivity contribution in [3.05, 3.63) is 23.8 Å². The summed E-state index contributed by atoms with van der Waals surface area (Å²) in [5.41, 5.74) is 2.43. The van der Waals surface area contributed by atoms with Crippen molar-refractivity contribution in [1.29, 1.82) is 0 Å². The minimum absolute atomic E-state index is 0.346. The first-order valence-corrected chi connectivity index (χ1v) is 6.60. The number of benzene rings is 1. The molecule has 1 aromatic carbocycles. The van der Waals surface area contributed by atoms with Crippen LogP contribution in [-0.4, -0.2) is 37.3 Å². The van der Waals surface area contributed by atoms with E-state index in [9.17, 15) is 9.90 Å². The fourth-order valence-corrected chi connectivity index (χ4v) is 2.74.